The van der Waals surface area contributed by atoms with E-state index in [-0.39, 0.29) is 49.4 Å². The van der Waals surface area contributed by atoms with Crippen molar-refractivity contribution in [2.45, 2.75) is 0 Å². The van der Waals surface area contributed by atoms with Crippen molar-refractivity contribution in [2.24, 2.45) is 0 Å². The number of rotatable bonds is 0. The van der Waals surface area contributed by atoms with Crippen LogP contribution in [-0.2, 0) is 0 Å². The molecule has 11 heteroatoms. The van der Waals surface area contributed by atoms with E-state index < -0.39 is 20.5 Å². The summed E-state index contributed by atoms with van der Waals surface area (Å²) >= 11 is 0. The fourth-order valence-electron chi connectivity index (χ4n) is 0. The third-order valence-electron chi connectivity index (χ3n) is 0. The molecular weight excluding hydrogens is 351 g/mol. The Morgan fingerprint density at radius 3 is 0.455 bits per heavy atom. The summed E-state index contributed by atoms with van der Waals surface area (Å²) in [5, 5.41) is 0. The maximum atomic E-state index is 8.49. The molecule has 8 nitrogen and oxygen atoms in total. The smallest absolute Gasteiger partial charge is 0.222 e. The molecule has 0 atom stereocenters. The van der Waals surface area contributed by atoms with Crippen LogP contribution in [0.3, 0.4) is 0 Å². The fraction of sp³-hybridized carbons (Fsp3) is 0. The molecule has 0 amide bonds. The van der Waals surface area contributed by atoms with Crippen molar-refractivity contribution in [1.29, 1.82) is 0 Å². The van der Waals surface area contributed by atoms with Gasteiger partial charge in [-0.2, -0.15) is 0 Å². The van der Waals surface area contributed by atoms with Crippen molar-refractivity contribution in [3.8, 4) is 0 Å². The first kappa shape index (κ1) is 18.6. The maximum Gasteiger partial charge on any atom is 2.00 e. The normalized spacial score (nSPS) is 10.9. The molecule has 0 saturated heterocycles. The molecule has 0 saturated carbocycles. The Morgan fingerprint density at radius 2 is 0.455 bits per heavy atom. The van der Waals surface area contributed by atoms with Crippen molar-refractivity contribution in [1.82, 2.24) is 0 Å². The van der Waals surface area contributed by atoms with E-state index in [1.165, 1.54) is 0 Å². The van der Waals surface area contributed by atoms with E-state index in [1.807, 2.05) is 0 Å². The van der Waals surface area contributed by atoms with Crippen LogP contribution in [0.4, 0.5) is 0 Å². The molecule has 0 N–H and O–H groups in total. The monoisotopic (exact) mass is 351 g/mol. The van der Waals surface area contributed by atoms with Gasteiger partial charge in [-0.05, 0) is 0 Å². The van der Waals surface area contributed by atoms with E-state index in [1.54, 1.807) is 0 Å². The summed E-state index contributed by atoms with van der Waals surface area (Å²) in [5.74, 6) is 0. The van der Waals surface area contributed by atoms with Crippen LogP contribution in [0.1, 0.15) is 0 Å². The van der Waals surface area contributed by atoms with Gasteiger partial charge in [0, 0.05) is 0 Å². The number of hydrogen-bond acceptors (Lipinski definition) is 8. The molecule has 0 aromatic carbocycles. The molecule has 0 aromatic rings. The molecule has 0 spiro atoms. The van der Waals surface area contributed by atoms with E-state index in [0.717, 1.165) is 0 Å². The van der Waals surface area contributed by atoms with Gasteiger partial charge in [0.2, 0.25) is 0 Å². The largest absolute Gasteiger partial charge is 2.00 e. The maximum absolute atomic E-state index is 8.49. The minimum absolute atomic E-state index is 0. The minimum Gasteiger partial charge on any atom is -0.222 e. The number of halogens is 2. The molecule has 0 aliphatic heterocycles. The van der Waals surface area contributed by atoms with E-state index in [4.69, 9.17) is 37.3 Å². The first-order chi connectivity index (χ1) is 4.00. The van der Waals surface area contributed by atoms with Crippen molar-refractivity contribution >= 4 is 0 Å². The molecule has 0 rings (SSSR count). The molecule has 69 valence electrons. The van der Waals surface area contributed by atoms with Crippen molar-refractivity contribution in [3.63, 3.8) is 0 Å². The molecule has 0 bridgehead atoms. The van der Waals surface area contributed by atoms with Crippen LogP contribution in [0.5, 0.6) is 0 Å². The summed E-state index contributed by atoms with van der Waals surface area (Å²) in [6.45, 7) is 0. The summed E-state index contributed by atoms with van der Waals surface area (Å²) in [6, 6.07) is 0. The van der Waals surface area contributed by atoms with Gasteiger partial charge in [-0.25, -0.2) is 37.3 Å². The average molecular weight is 351 g/mol. The zero-order chi connectivity index (χ0) is 9.00. The molecule has 1 radical (unpaired) electrons. The molecule has 0 aliphatic carbocycles. The second-order valence-electron chi connectivity index (χ2n) is 0.756. The van der Waals surface area contributed by atoms with Gasteiger partial charge in [0.1, 0.15) is 0 Å². The summed E-state index contributed by atoms with van der Waals surface area (Å²) in [5.41, 5.74) is 0. The first-order valence-corrected chi connectivity index (χ1v) is 3.70. The topological polar surface area (TPSA) is 184 Å². The molecule has 0 aliphatic rings. The molecule has 11 heavy (non-hydrogen) atoms. The Bertz CT molecular complexity index is 55.1. The van der Waals surface area contributed by atoms with Crippen molar-refractivity contribution in [3.05, 3.63) is 0 Å². The van der Waals surface area contributed by atoms with Gasteiger partial charge in [-0.3, -0.25) is 0 Å². The second kappa shape index (κ2) is 7.27. The van der Waals surface area contributed by atoms with Gasteiger partial charge >= 0.3 is 49.4 Å². The van der Waals surface area contributed by atoms with Crippen LogP contribution in [0.2, 0.25) is 0 Å². The van der Waals surface area contributed by atoms with Gasteiger partial charge < -0.3 is 0 Å². The third kappa shape index (κ3) is 337. The molecule has 0 heterocycles. The van der Waals surface area contributed by atoms with E-state index in [2.05, 4.69) is 0 Å². The van der Waals surface area contributed by atoms with Gasteiger partial charge in [0.05, 0.1) is 0 Å². The predicted octanol–water partition coefficient (Wildman–Crippen LogP) is -9.51. The van der Waals surface area contributed by atoms with E-state index in [9.17, 15) is 0 Å². The Hall–Kier alpha value is 1.84. The van der Waals surface area contributed by atoms with E-state index in [0.29, 0.717) is 0 Å². The van der Waals surface area contributed by atoms with Gasteiger partial charge in [0.15, 0.2) is 0 Å². The van der Waals surface area contributed by atoms with Crippen molar-refractivity contribution in [2.75, 3.05) is 0 Å². The van der Waals surface area contributed by atoms with Gasteiger partial charge in [-0.15, -0.1) is 20.5 Å². The zero-order valence-electron chi connectivity index (χ0n) is 4.40. The predicted molar refractivity (Wildman–Crippen MR) is 0 cm³/mol. The first-order valence-electron chi connectivity index (χ1n) is 1.23. The Balaban J connectivity index is -0.000000107. The summed E-state index contributed by atoms with van der Waals surface area (Å²) < 4.78 is 67.9. The average Bonchev–Trinajstić information content (AvgIpc) is 1.12. The summed E-state index contributed by atoms with van der Waals surface area (Å²) in [4.78, 5) is 0. The number of hydrogen-bond donors (Lipinski definition) is 0. The fourth-order valence-corrected chi connectivity index (χ4v) is 0. The van der Waals surface area contributed by atoms with Crippen LogP contribution < -0.4 is 37.3 Å². The van der Waals surface area contributed by atoms with Gasteiger partial charge in [0.25, 0.3) is 0 Å². The second-order valence-corrected chi connectivity index (χ2v) is 2.27. The van der Waals surface area contributed by atoms with Crippen LogP contribution in [0, 0.1) is 69.9 Å². The van der Waals surface area contributed by atoms with Crippen molar-refractivity contribution < 1.29 is 107 Å². The molecular formula is Cl2EuO8. The van der Waals surface area contributed by atoms with E-state index >= 15 is 0 Å². The zero-order valence-corrected chi connectivity index (χ0v) is 8.34. The molecule has 0 fully saturated rings. The van der Waals surface area contributed by atoms with Crippen LogP contribution in [-0.4, -0.2) is 0 Å². The standard InChI is InChI=1S/2ClHO4.Eu/c2*2-1(3,4)5;/h2*(H,2,3,4,5);/q;;+2/p-2. The summed E-state index contributed by atoms with van der Waals surface area (Å²) in [6.07, 6.45) is 0. The van der Waals surface area contributed by atoms with Gasteiger partial charge in [-0.1, -0.05) is 0 Å². The summed E-state index contributed by atoms with van der Waals surface area (Å²) in [7, 11) is -9.89. The Morgan fingerprint density at radius 1 is 0.455 bits per heavy atom. The third-order valence-corrected chi connectivity index (χ3v) is 0. The quantitative estimate of drug-likeness (QED) is 0.412. The van der Waals surface area contributed by atoms with Crippen LogP contribution in [0.25, 0.3) is 0 Å². The van der Waals surface area contributed by atoms with Crippen LogP contribution >= 0.6 is 0 Å². The molecule has 0 unspecified atom stereocenters. The van der Waals surface area contributed by atoms with Crippen LogP contribution in [0.15, 0.2) is 0 Å². The Labute approximate surface area is 106 Å². The minimum atomic E-state index is -4.94. The Kier molecular flexibility index (Phi) is 12.3. The molecule has 0 aromatic heterocycles. The SMILES string of the molecule is [Eu+2].[O-][Cl+3]([O-])([O-])[O-].[O-][Cl+3]([O-])([O-])[O-].